The summed E-state index contributed by atoms with van der Waals surface area (Å²) in [7, 11) is 1.34. The molecule has 13 heavy (non-hydrogen) atoms. The standard InChI is InChI=1S/C9H12FNO2/c1-5(11)6-3-4-7(12)8(10)9(6)13-2/h3-5,12H,11H2,1-2H3. The van der Waals surface area contributed by atoms with Crippen LogP contribution in [0.25, 0.3) is 0 Å². The Morgan fingerprint density at radius 1 is 1.54 bits per heavy atom. The molecule has 72 valence electrons. The number of hydrogen-bond donors (Lipinski definition) is 2. The molecular weight excluding hydrogens is 173 g/mol. The Morgan fingerprint density at radius 3 is 2.62 bits per heavy atom. The van der Waals surface area contributed by atoms with Gasteiger partial charge in [0.15, 0.2) is 11.5 Å². The van der Waals surface area contributed by atoms with Crippen LogP contribution in [0.3, 0.4) is 0 Å². The van der Waals surface area contributed by atoms with Crippen LogP contribution in [0, 0.1) is 5.82 Å². The first kappa shape index (κ1) is 9.80. The highest BCUT2D eigenvalue weighted by atomic mass is 19.1. The van der Waals surface area contributed by atoms with Crippen molar-refractivity contribution < 1.29 is 14.2 Å². The lowest BCUT2D eigenvalue weighted by Crippen LogP contribution is -2.07. The maximum Gasteiger partial charge on any atom is 0.206 e. The maximum atomic E-state index is 13.2. The van der Waals surface area contributed by atoms with Gasteiger partial charge in [-0.25, -0.2) is 0 Å². The normalized spacial score (nSPS) is 12.6. The number of benzene rings is 1. The Bertz CT molecular complexity index is 313. The van der Waals surface area contributed by atoms with Crippen molar-refractivity contribution in [3.8, 4) is 11.5 Å². The first-order valence-corrected chi connectivity index (χ1v) is 3.89. The number of halogens is 1. The first-order chi connectivity index (χ1) is 6.07. The first-order valence-electron chi connectivity index (χ1n) is 3.89. The molecule has 0 saturated heterocycles. The summed E-state index contributed by atoms with van der Waals surface area (Å²) in [5.74, 6) is -1.19. The fraction of sp³-hybridized carbons (Fsp3) is 0.333. The topological polar surface area (TPSA) is 55.5 Å². The van der Waals surface area contributed by atoms with Crippen molar-refractivity contribution in [1.82, 2.24) is 0 Å². The van der Waals surface area contributed by atoms with Gasteiger partial charge in [-0.2, -0.15) is 4.39 Å². The number of hydrogen-bond acceptors (Lipinski definition) is 3. The molecule has 1 aromatic carbocycles. The van der Waals surface area contributed by atoms with Crippen LogP contribution in [0.2, 0.25) is 0 Å². The molecule has 0 radical (unpaired) electrons. The van der Waals surface area contributed by atoms with Crippen LogP contribution in [-0.4, -0.2) is 12.2 Å². The molecule has 4 heteroatoms. The molecule has 3 nitrogen and oxygen atoms in total. The summed E-state index contributed by atoms with van der Waals surface area (Å²) in [6.07, 6.45) is 0. The molecule has 3 N–H and O–H groups in total. The maximum absolute atomic E-state index is 13.2. The molecule has 0 aliphatic carbocycles. The van der Waals surface area contributed by atoms with Crippen molar-refractivity contribution in [3.05, 3.63) is 23.5 Å². The van der Waals surface area contributed by atoms with Gasteiger partial charge in [0.2, 0.25) is 5.82 Å². The van der Waals surface area contributed by atoms with Crippen LogP contribution >= 0.6 is 0 Å². The Kier molecular flexibility index (Phi) is 2.72. The zero-order valence-electron chi connectivity index (χ0n) is 7.54. The van der Waals surface area contributed by atoms with Crippen LogP contribution in [0.5, 0.6) is 11.5 Å². The summed E-state index contributed by atoms with van der Waals surface area (Å²) in [5.41, 5.74) is 6.12. The van der Waals surface area contributed by atoms with Gasteiger partial charge in [-0.1, -0.05) is 0 Å². The van der Waals surface area contributed by atoms with E-state index in [1.54, 1.807) is 13.0 Å². The molecule has 0 aromatic heterocycles. The molecule has 0 fully saturated rings. The van der Waals surface area contributed by atoms with Crippen molar-refractivity contribution in [2.24, 2.45) is 5.73 Å². The molecule has 1 atom stereocenters. The van der Waals surface area contributed by atoms with E-state index in [2.05, 4.69) is 0 Å². The number of rotatable bonds is 2. The Hall–Kier alpha value is -1.29. The third-order valence-electron chi connectivity index (χ3n) is 1.80. The van der Waals surface area contributed by atoms with Gasteiger partial charge in [0.25, 0.3) is 0 Å². The summed E-state index contributed by atoms with van der Waals surface area (Å²) in [5, 5.41) is 9.04. The van der Waals surface area contributed by atoms with Crippen molar-refractivity contribution in [1.29, 1.82) is 0 Å². The van der Waals surface area contributed by atoms with E-state index in [1.807, 2.05) is 0 Å². The second-order valence-corrected chi connectivity index (χ2v) is 2.81. The van der Waals surface area contributed by atoms with Crippen molar-refractivity contribution >= 4 is 0 Å². The van der Waals surface area contributed by atoms with Gasteiger partial charge in [-0.05, 0) is 19.1 Å². The summed E-state index contributed by atoms with van der Waals surface area (Å²) in [6, 6.07) is 2.48. The highest BCUT2D eigenvalue weighted by Gasteiger charge is 2.15. The number of aromatic hydroxyl groups is 1. The third-order valence-corrected chi connectivity index (χ3v) is 1.80. The van der Waals surface area contributed by atoms with Crippen LogP contribution in [-0.2, 0) is 0 Å². The van der Waals surface area contributed by atoms with Gasteiger partial charge in [0, 0.05) is 11.6 Å². The summed E-state index contributed by atoms with van der Waals surface area (Å²) >= 11 is 0. The Labute approximate surface area is 75.9 Å². The Balaban J connectivity index is 3.30. The van der Waals surface area contributed by atoms with Gasteiger partial charge in [0.05, 0.1) is 7.11 Å². The smallest absolute Gasteiger partial charge is 0.206 e. The third kappa shape index (κ3) is 1.72. The van der Waals surface area contributed by atoms with Gasteiger partial charge < -0.3 is 15.6 Å². The number of ether oxygens (including phenoxy) is 1. The number of nitrogens with two attached hydrogens (primary N) is 1. The van der Waals surface area contributed by atoms with Crippen LogP contribution in [0.1, 0.15) is 18.5 Å². The monoisotopic (exact) mass is 185 g/mol. The van der Waals surface area contributed by atoms with E-state index in [9.17, 15) is 4.39 Å². The fourth-order valence-corrected chi connectivity index (χ4v) is 1.13. The lowest BCUT2D eigenvalue weighted by molar-refractivity contribution is 0.358. The Morgan fingerprint density at radius 2 is 2.15 bits per heavy atom. The average molecular weight is 185 g/mol. The highest BCUT2D eigenvalue weighted by Crippen LogP contribution is 2.32. The molecule has 0 aliphatic heterocycles. The molecule has 1 unspecified atom stereocenters. The van der Waals surface area contributed by atoms with Gasteiger partial charge in [-0.3, -0.25) is 0 Å². The molecule has 1 rings (SSSR count). The molecule has 0 heterocycles. The van der Waals surface area contributed by atoms with Crippen LogP contribution in [0.4, 0.5) is 4.39 Å². The van der Waals surface area contributed by atoms with E-state index in [1.165, 1.54) is 13.2 Å². The van der Waals surface area contributed by atoms with E-state index < -0.39 is 11.6 Å². The highest BCUT2D eigenvalue weighted by molar-refractivity contribution is 5.43. The van der Waals surface area contributed by atoms with E-state index in [0.29, 0.717) is 5.56 Å². The quantitative estimate of drug-likeness (QED) is 0.735. The SMILES string of the molecule is COc1c(C(C)N)ccc(O)c1F. The minimum Gasteiger partial charge on any atom is -0.505 e. The molecule has 0 spiro atoms. The van der Waals surface area contributed by atoms with E-state index in [4.69, 9.17) is 15.6 Å². The molecule has 0 aliphatic rings. The lowest BCUT2D eigenvalue weighted by atomic mass is 10.1. The predicted molar refractivity (Wildman–Crippen MR) is 47.2 cm³/mol. The van der Waals surface area contributed by atoms with Crippen LogP contribution < -0.4 is 10.5 Å². The lowest BCUT2D eigenvalue weighted by Gasteiger charge is -2.12. The predicted octanol–water partition coefficient (Wildman–Crippen LogP) is 1.56. The van der Waals surface area contributed by atoms with E-state index >= 15 is 0 Å². The molecule has 0 bridgehead atoms. The minimum atomic E-state index is -0.766. The zero-order valence-corrected chi connectivity index (χ0v) is 7.54. The number of phenols is 1. The molecular formula is C9H12FNO2. The van der Waals surface area contributed by atoms with Crippen molar-refractivity contribution in [2.75, 3.05) is 7.11 Å². The summed E-state index contributed by atoms with van der Waals surface area (Å²) in [6.45, 7) is 1.72. The second-order valence-electron chi connectivity index (χ2n) is 2.81. The largest absolute Gasteiger partial charge is 0.505 e. The fourth-order valence-electron chi connectivity index (χ4n) is 1.13. The van der Waals surface area contributed by atoms with E-state index in [0.717, 1.165) is 0 Å². The molecule has 0 amide bonds. The van der Waals surface area contributed by atoms with E-state index in [-0.39, 0.29) is 11.8 Å². The van der Waals surface area contributed by atoms with Crippen molar-refractivity contribution in [3.63, 3.8) is 0 Å². The minimum absolute atomic E-state index is 0.00926. The number of methoxy groups -OCH3 is 1. The summed E-state index contributed by atoms with van der Waals surface area (Å²) < 4.78 is 18.0. The van der Waals surface area contributed by atoms with Crippen LogP contribution in [0.15, 0.2) is 12.1 Å². The summed E-state index contributed by atoms with van der Waals surface area (Å²) in [4.78, 5) is 0. The van der Waals surface area contributed by atoms with Gasteiger partial charge in [0.1, 0.15) is 0 Å². The average Bonchev–Trinajstić information content (AvgIpc) is 2.09. The number of phenolic OH excluding ortho intramolecular Hbond substituents is 1. The molecule has 1 aromatic rings. The van der Waals surface area contributed by atoms with Crippen molar-refractivity contribution in [2.45, 2.75) is 13.0 Å². The molecule has 0 saturated carbocycles. The van der Waals surface area contributed by atoms with Gasteiger partial charge >= 0.3 is 0 Å². The van der Waals surface area contributed by atoms with Gasteiger partial charge in [-0.15, -0.1) is 0 Å². The second kappa shape index (κ2) is 3.62. The zero-order chi connectivity index (χ0) is 10.0.